The van der Waals surface area contributed by atoms with Crippen LogP contribution in [0.15, 0.2) is 53.3 Å². The Balaban J connectivity index is 1.29. The van der Waals surface area contributed by atoms with Crippen molar-refractivity contribution in [2.24, 2.45) is 0 Å². The van der Waals surface area contributed by atoms with Crippen molar-refractivity contribution < 1.29 is 0 Å². The molecule has 1 aromatic heterocycles. The third-order valence-corrected chi connectivity index (χ3v) is 10.5. The number of piperazine rings is 1. The molecular formula is C20H20Br4N6. The first-order valence-electron chi connectivity index (χ1n) is 9.74. The number of nitrogens with zero attached hydrogens (tertiary/aromatic N) is 4. The van der Waals surface area contributed by atoms with Gasteiger partial charge in [0.2, 0.25) is 5.95 Å². The Bertz CT molecular complexity index is 1070. The fraction of sp³-hybridized carbons (Fsp3) is 0.350. The number of H-pyrrole nitrogens is 1. The van der Waals surface area contributed by atoms with Crippen molar-refractivity contribution in [3.05, 3.63) is 53.3 Å². The number of benzene rings is 1. The maximum atomic E-state index is 4.87. The Kier molecular flexibility index (Phi) is 5.81. The lowest BCUT2D eigenvalue weighted by atomic mass is 10.2. The molecule has 3 aliphatic rings. The number of nitrogens with one attached hydrogen (secondary N) is 2. The van der Waals surface area contributed by atoms with Gasteiger partial charge in [-0.1, -0.05) is 12.2 Å². The first-order valence-corrected chi connectivity index (χ1v) is 12.9. The quantitative estimate of drug-likeness (QED) is 0.346. The molecule has 2 aromatic rings. The Morgan fingerprint density at radius 1 is 1.00 bits per heavy atom. The van der Waals surface area contributed by atoms with Gasteiger partial charge in [-0.2, -0.15) is 0 Å². The number of allylic oxidation sites excluding steroid dienone is 3. The minimum absolute atomic E-state index is 0.917. The fourth-order valence-electron chi connectivity index (χ4n) is 4.11. The van der Waals surface area contributed by atoms with Crippen molar-refractivity contribution in [1.29, 1.82) is 0 Å². The summed E-state index contributed by atoms with van der Waals surface area (Å²) in [5, 5.41) is 3.51. The van der Waals surface area contributed by atoms with Crippen LogP contribution in [0.3, 0.4) is 0 Å². The first-order chi connectivity index (χ1) is 14.4. The third kappa shape index (κ3) is 3.58. The Hall–Kier alpha value is -0.810. The Morgan fingerprint density at radius 3 is 2.50 bits per heavy atom. The van der Waals surface area contributed by atoms with E-state index in [4.69, 9.17) is 4.98 Å². The summed E-state index contributed by atoms with van der Waals surface area (Å²) in [7, 11) is 0. The smallest absolute Gasteiger partial charge is 0.203 e. The van der Waals surface area contributed by atoms with Gasteiger partial charge in [-0.3, -0.25) is 4.90 Å². The van der Waals surface area contributed by atoms with Gasteiger partial charge in [0.05, 0.1) is 20.2 Å². The van der Waals surface area contributed by atoms with Crippen molar-refractivity contribution in [3.63, 3.8) is 0 Å². The van der Waals surface area contributed by atoms with E-state index in [0.29, 0.717) is 0 Å². The van der Waals surface area contributed by atoms with Gasteiger partial charge < -0.3 is 20.1 Å². The maximum absolute atomic E-state index is 4.87. The lowest BCUT2D eigenvalue weighted by Crippen LogP contribution is -2.48. The zero-order valence-electron chi connectivity index (χ0n) is 16.3. The molecule has 2 N–H and O–H groups in total. The van der Waals surface area contributed by atoms with Crippen LogP contribution in [0.4, 0.5) is 5.95 Å². The second kappa shape index (κ2) is 8.27. The number of anilines is 1. The van der Waals surface area contributed by atoms with E-state index in [-0.39, 0.29) is 0 Å². The molecule has 0 spiro atoms. The lowest BCUT2D eigenvalue weighted by Gasteiger charge is -2.36. The molecule has 1 fully saturated rings. The van der Waals surface area contributed by atoms with Gasteiger partial charge in [0.25, 0.3) is 0 Å². The highest BCUT2D eigenvalue weighted by molar-refractivity contribution is 9.15. The second-order valence-electron chi connectivity index (χ2n) is 7.59. The topological polar surface area (TPSA) is 50.4 Å². The zero-order chi connectivity index (χ0) is 21.0. The molecule has 0 bridgehead atoms. The van der Waals surface area contributed by atoms with Crippen LogP contribution in [-0.4, -0.2) is 59.0 Å². The monoisotopic (exact) mass is 660 g/mol. The summed E-state index contributed by atoms with van der Waals surface area (Å²) < 4.78 is 3.85. The maximum Gasteiger partial charge on any atom is 0.203 e. The van der Waals surface area contributed by atoms with Crippen molar-refractivity contribution in [2.75, 3.05) is 44.2 Å². The van der Waals surface area contributed by atoms with Crippen LogP contribution in [0.1, 0.15) is 6.92 Å². The SMILES string of the molecule is CC1=C(CN2CCN(c3nc4c(Br)c(Br)c(Br)c(Br)c4[nH]3)CC2)N2CC=CC=C2N1. The van der Waals surface area contributed by atoms with Crippen molar-refractivity contribution in [1.82, 2.24) is 25.1 Å². The van der Waals surface area contributed by atoms with E-state index in [2.05, 4.69) is 114 Å². The van der Waals surface area contributed by atoms with Gasteiger partial charge in [0, 0.05) is 53.9 Å². The summed E-state index contributed by atoms with van der Waals surface area (Å²) in [6, 6.07) is 0. The molecular weight excluding hydrogens is 644 g/mol. The predicted molar refractivity (Wildman–Crippen MR) is 135 cm³/mol. The fourth-order valence-corrected chi connectivity index (χ4v) is 6.40. The molecule has 158 valence electrons. The molecule has 6 nitrogen and oxygen atoms in total. The van der Waals surface area contributed by atoms with Crippen molar-refractivity contribution in [3.8, 4) is 0 Å². The van der Waals surface area contributed by atoms with Gasteiger partial charge in [-0.25, -0.2) is 4.98 Å². The number of halogens is 4. The molecule has 30 heavy (non-hydrogen) atoms. The molecule has 0 amide bonds. The molecule has 1 saturated heterocycles. The molecule has 0 radical (unpaired) electrons. The second-order valence-corrected chi connectivity index (χ2v) is 10.8. The highest BCUT2D eigenvalue weighted by Gasteiger charge is 2.28. The molecule has 0 unspecified atom stereocenters. The minimum Gasteiger partial charge on any atom is -0.344 e. The van der Waals surface area contributed by atoms with Crippen LogP contribution < -0.4 is 10.2 Å². The summed E-state index contributed by atoms with van der Waals surface area (Å²) in [4.78, 5) is 15.6. The van der Waals surface area contributed by atoms with Gasteiger partial charge in [0.15, 0.2) is 0 Å². The summed E-state index contributed by atoms with van der Waals surface area (Å²) in [5.74, 6) is 2.11. The highest BCUT2D eigenvalue weighted by atomic mass is 79.9. The van der Waals surface area contributed by atoms with Gasteiger partial charge in [-0.05, 0) is 76.7 Å². The van der Waals surface area contributed by atoms with Crippen LogP contribution >= 0.6 is 63.7 Å². The molecule has 3 aliphatic heterocycles. The normalized spacial score (nSPS) is 19.6. The number of aromatic amines is 1. The number of imidazole rings is 1. The standard InChI is InChI=1S/C20H20Br4N6/c1-11-12(30-5-3-2-4-13(30)25-11)10-28-6-8-29(9-7-28)20-26-18-16(23)14(21)15(22)17(24)19(18)27-20/h2-4,25H,5-10H2,1H3,(H,26,27). The first kappa shape index (κ1) is 21.1. The van der Waals surface area contributed by atoms with E-state index in [1.54, 1.807) is 0 Å². The van der Waals surface area contributed by atoms with Crippen LogP contribution in [-0.2, 0) is 0 Å². The van der Waals surface area contributed by atoms with E-state index in [1.165, 1.54) is 17.2 Å². The summed E-state index contributed by atoms with van der Waals surface area (Å²) in [6.45, 7) is 7.98. The molecule has 0 aliphatic carbocycles. The van der Waals surface area contributed by atoms with Gasteiger partial charge in [0.1, 0.15) is 11.3 Å². The number of rotatable bonds is 3. The molecule has 0 atom stereocenters. The minimum atomic E-state index is 0.917. The van der Waals surface area contributed by atoms with Crippen LogP contribution in [0.5, 0.6) is 0 Å². The highest BCUT2D eigenvalue weighted by Crippen LogP contribution is 2.43. The largest absolute Gasteiger partial charge is 0.344 e. The molecule has 4 heterocycles. The van der Waals surface area contributed by atoms with Crippen LogP contribution in [0.25, 0.3) is 11.0 Å². The van der Waals surface area contributed by atoms with E-state index < -0.39 is 0 Å². The Morgan fingerprint density at radius 2 is 1.73 bits per heavy atom. The molecule has 0 saturated carbocycles. The summed E-state index contributed by atoms with van der Waals surface area (Å²) in [5.41, 5.74) is 4.55. The Labute approximate surface area is 208 Å². The van der Waals surface area contributed by atoms with E-state index in [1.807, 2.05) is 0 Å². The van der Waals surface area contributed by atoms with Gasteiger partial charge >= 0.3 is 0 Å². The number of hydrogen-bond donors (Lipinski definition) is 2. The number of aromatic nitrogens is 2. The molecule has 10 heteroatoms. The third-order valence-electron chi connectivity index (χ3n) is 5.79. The average Bonchev–Trinajstić information content (AvgIpc) is 3.33. The summed E-state index contributed by atoms with van der Waals surface area (Å²) >= 11 is 14.6. The summed E-state index contributed by atoms with van der Waals surface area (Å²) in [6.07, 6.45) is 6.47. The average molecular weight is 664 g/mol. The van der Waals surface area contributed by atoms with E-state index in [9.17, 15) is 0 Å². The van der Waals surface area contributed by atoms with Gasteiger partial charge in [-0.15, -0.1) is 0 Å². The predicted octanol–water partition coefficient (Wildman–Crippen LogP) is 5.28. The van der Waals surface area contributed by atoms with Crippen molar-refractivity contribution >= 4 is 80.7 Å². The molecule has 5 rings (SSSR count). The van der Waals surface area contributed by atoms with E-state index >= 15 is 0 Å². The number of hydrogen-bond acceptors (Lipinski definition) is 5. The van der Waals surface area contributed by atoms with Crippen LogP contribution in [0, 0.1) is 0 Å². The van der Waals surface area contributed by atoms with Crippen molar-refractivity contribution in [2.45, 2.75) is 6.92 Å². The zero-order valence-corrected chi connectivity index (χ0v) is 22.6. The number of fused-ring (bicyclic) bond motifs is 2. The van der Waals surface area contributed by atoms with E-state index in [0.717, 1.165) is 74.1 Å². The van der Waals surface area contributed by atoms with Crippen LogP contribution in [0.2, 0.25) is 0 Å². The lowest BCUT2D eigenvalue weighted by molar-refractivity contribution is 0.257. The molecule has 1 aromatic carbocycles.